The summed E-state index contributed by atoms with van der Waals surface area (Å²) in [6.07, 6.45) is 20.7. The number of hydrogen-bond acceptors (Lipinski definition) is 2. The highest BCUT2D eigenvalue weighted by Crippen LogP contribution is 2.31. The van der Waals surface area contributed by atoms with Gasteiger partial charge in [-0.15, -0.1) is 0 Å². The van der Waals surface area contributed by atoms with Crippen LogP contribution in [0.15, 0.2) is 58.8 Å². The number of allylic oxidation sites excluding steroid dienone is 6. The molecule has 2 aliphatic rings. The van der Waals surface area contributed by atoms with Gasteiger partial charge < -0.3 is 0 Å². The van der Waals surface area contributed by atoms with Gasteiger partial charge in [0.25, 0.3) is 0 Å². The zero-order valence-corrected chi connectivity index (χ0v) is 17.2. The van der Waals surface area contributed by atoms with Crippen LogP contribution >= 0.6 is 0 Å². The van der Waals surface area contributed by atoms with Gasteiger partial charge in [0.1, 0.15) is 0 Å². The number of fused-ring (bicyclic) bond motifs is 1. The molecule has 0 aromatic carbocycles. The summed E-state index contributed by atoms with van der Waals surface area (Å²) >= 11 is 0. The first-order valence-corrected chi connectivity index (χ1v) is 10.7. The van der Waals surface area contributed by atoms with Gasteiger partial charge in [0.15, 0.2) is 0 Å². The molecule has 0 fully saturated rings. The molecule has 2 atom stereocenters. The first-order valence-electron chi connectivity index (χ1n) is 10.7. The van der Waals surface area contributed by atoms with Gasteiger partial charge in [-0.05, 0) is 81.9 Å². The Hall–Kier alpha value is -1.96. The minimum absolute atomic E-state index is 0.454. The molecule has 0 spiro atoms. The van der Waals surface area contributed by atoms with Crippen molar-refractivity contribution in [3.05, 3.63) is 65.0 Å². The first kappa shape index (κ1) is 19.8. The number of aromatic nitrogens is 1. The third kappa shape index (κ3) is 6.02. The summed E-state index contributed by atoms with van der Waals surface area (Å²) < 4.78 is 0. The number of rotatable bonds is 5. The largest absolute Gasteiger partial charge is 0.291 e. The van der Waals surface area contributed by atoms with E-state index in [1.165, 1.54) is 29.7 Å². The number of aryl methyl sites for hydroxylation is 2. The van der Waals surface area contributed by atoms with Gasteiger partial charge in [0.05, 0.1) is 0 Å². The highest BCUT2D eigenvalue weighted by atomic mass is 14.8. The first-order chi connectivity index (χ1) is 13.1. The van der Waals surface area contributed by atoms with E-state index >= 15 is 0 Å². The zero-order valence-electron chi connectivity index (χ0n) is 17.2. The van der Waals surface area contributed by atoms with E-state index in [0.29, 0.717) is 12.0 Å². The molecule has 2 aliphatic carbocycles. The van der Waals surface area contributed by atoms with E-state index in [9.17, 15) is 0 Å². The molecule has 0 bridgehead atoms. The van der Waals surface area contributed by atoms with Crippen molar-refractivity contribution in [1.82, 2.24) is 4.98 Å². The predicted molar refractivity (Wildman–Crippen MR) is 116 cm³/mol. The van der Waals surface area contributed by atoms with E-state index in [4.69, 9.17) is 4.99 Å². The standard InChI is InChI=1S/C25H34N2/c1-4-19(2)27-25-10-6-8-23-16-15-21(7-5-9-24(23)17-25)13-14-22-12-11-20(3)26-18-22/h6-8,11-12,16,18-19,24H,4-5,9-10,13-15,17H2,1-3H3. The second kappa shape index (κ2) is 9.82. The Balaban J connectivity index is 1.62. The lowest BCUT2D eigenvalue weighted by molar-refractivity contribution is 0.586. The number of pyridine rings is 1. The highest BCUT2D eigenvalue weighted by Gasteiger charge is 2.19. The van der Waals surface area contributed by atoms with Crippen LogP contribution in [0.1, 0.15) is 70.1 Å². The molecule has 1 aromatic heterocycles. The van der Waals surface area contributed by atoms with Crippen LogP contribution in [0.2, 0.25) is 0 Å². The summed E-state index contributed by atoms with van der Waals surface area (Å²) in [4.78, 5) is 9.38. The van der Waals surface area contributed by atoms with Crippen molar-refractivity contribution in [2.24, 2.45) is 10.9 Å². The Bertz CT molecular complexity index is 734. The van der Waals surface area contributed by atoms with Crippen LogP contribution in [-0.2, 0) is 6.42 Å². The molecule has 0 amide bonds. The third-order valence-electron chi connectivity index (χ3n) is 5.87. The van der Waals surface area contributed by atoms with Gasteiger partial charge in [-0.1, -0.05) is 42.9 Å². The Labute approximate surface area is 165 Å². The molecule has 144 valence electrons. The van der Waals surface area contributed by atoms with Crippen LogP contribution in [0.3, 0.4) is 0 Å². The monoisotopic (exact) mass is 362 g/mol. The van der Waals surface area contributed by atoms with E-state index < -0.39 is 0 Å². The Kier molecular flexibility index (Phi) is 7.20. The fraction of sp³-hybridized carbons (Fsp3) is 0.520. The Morgan fingerprint density at radius 1 is 1.19 bits per heavy atom. The smallest absolute Gasteiger partial charge is 0.0468 e. The maximum Gasteiger partial charge on any atom is 0.0468 e. The number of nitrogens with zero attached hydrogens (tertiary/aromatic N) is 2. The Morgan fingerprint density at radius 2 is 2.07 bits per heavy atom. The van der Waals surface area contributed by atoms with Crippen LogP contribution in [0.5, 0.6) is 0 Å². The summed E-state index contributed by atoms with van der Waals surface area (Å²) in [7, 11) is 0. The second-order valence-corrected chi connectivity index (χ2v) is 8.12. The average Bonchev–Trinajstić information content (AvgIpc) is 2.84. The van der Waals surface area contributed by atoms with Crippen LogP contribution in [0.25, 0.3) is 0 Å². The lowest BCUT2D eigenvalue weighted by atomic mass is 9.86. The highest BCUT2D eigenvalue weighted by molar-refractivity contribution is 5.87. The van der Waals surface area contributed by atoms with Crippen molar-refractivity contribution in [2.75, 3.05) is 0 Å². The maximum atomic E-state index is 4.96. The molecule has 2 heteroatoms. The SMILES string of the molecule is CCC(C)N=C1CC=CC2=CCC(CCc3ccc(C)nc3)=CCCC2C1. The molecule has 2 nitrogen and oxygen atoms in total. The molecule has 0 N–H and O–H groups in total. The van der Waals surface area contributed by atoms with Crippen molar-refractivity contribution < 1.29 is 0 Å². The van der Waals surface area contributed by atoms with Crippen molar-refractivity contribution in [1.29, 1.82) is 0 Å². The van der Waals surface area contributed by atoms with Crippen LogP contribution in [0, 0.1) is 12.8 Å². The number of aliphatic imine (C=N–C) groups is 1. The van der Waals surface area contributed by atoms with Crippen LogP contribution in [0.4, 0.5) is 0 Å². The quantitative estimate of drug-likeness (QED) is 0.544. The summed E-state index contributed by atoms with van der Waals surface area (Å²) in [6, 6.07) is 4.78. The molecule has 1 heterocycles. The van der Waals surface area contributed by atoms with Crippen LogP contribution < -0.4 is 0 Å². The molecular formula is C25H34N2. The zero-order chi connectivity index (χ0) is 19.1. The molecule has 0 saturated heterocycles. The number of hydrogen-bond donors (Lipinski definition) is 0. The maximum absolute atomic E-state index is 4.96. The molecular weight excluding hydrogens is 328 g/mol. The molecule has 1 aromatic rings. The van der Waals surface area contributed by atoms with Crippen molar-refractivity contribution in [2.45, 2.75) is 78.2 Å². The second-order valence-electron chi connectivity index (χ2n) is 8.12. The fourth-order valence-electron chi connectivity index (χ4n) is 3.94. The van der Waals surface area contributed by atoms with Crippen LogP contribution in [-0.4, -0.2) is 16.7 Å². The van der Waals surface area contributed by atoms with E-state index in [-0.39, 0.29) is 0 Å². The summed E-state index contributed by atoms with van der Waals surface area (Å²) in [5.41, 5.74) is 6.94. The van der Waals surface area contributed by atoms with Crippen molar-refractivity contribution >= 4 is 5.71 Å². The topological polar surface area (TPSA) is 25.2 Å². The molecule has 27 heavy (non-hydrogen) atoms. The minimum atomic E-state index is 0.454. The van der Waals surface area contributed by atoms with Gasteiger partial charge in [-0.2, -0.15) is 0 Å². The third-order valence-corrected chi connectivity index (χ3v) is 5.87. The molecule has 0 saturated carbocycles. The Morgan fingerprint density at radius 3 is 2.85 bits per heavy atom. The van der Waals surface area contributed by atoms with E-state index in [1.54, 1.807) is 5.57 Å². The van der Waals surface area contributed by atoms with Gasteiger partial charge in [-0.3, -0.25) is 9.98 Å². The molecule has 0 radical (unpaired) electrons. The molecule has 3 rings (SSSR count). The summed E-state index contributed by atoms with van der Waals surface area (Å²) in [5.74, 6) is 0.644. The molecule has 0 aliphatic heterocycles. The van der Waals surface area contributed by atoms with E-state index in [0.717, 1.165) is 44.2 Å². The minimum Gasteiger partial charge on any atom is -0.291 e. The summed E-state index contributed by atoms with van der Waals surface area (Å²) in [6.45, 7) is 6.50. The lowest BCUT2D eigenvalue weighted by Crippen LogP contribution is -2.11. The average molecular weight is 363 g/mol. The van der Waals surface area contributed by atoms with Crippen molar-refractivity contribution in [3.63, 3.8) is 0 Å². The molecule has 2 unspecified atom stereocenters. The van der Waals surface area contributed by atoms with Gasteiger partial charge in [-0.25, -0.2) is 0 Å². The van der Waals surface area contributed by atoms with E-state index in [1.807, 2.05) is 13.1 Å². The van der Waals surface area contributed by atoms with Gasteiger partial charge >= 0.3 is 0 Å². The fourth-order valence-corrected chi connectivity index (χ4v) is 3.94. The normalized spacial score (nSPS) is 22.9. The van der Waals surface area contributed by atoms with Gasteiger partial charge in [0, 0.05) is 30.1 Å². The lowest BCUT2D eigenvalue weighted by Gasteiger charge is -2.20. The summed E-state index contributed by atoms with van der Waals surface area (Å²) in [5, 5.41) is 0. The predicted octanol–water partition coefficient (Wildman–Crippen LogP) is 6.57. The van der Waals surface area contributed by atoms with Gasteiger partial charge in [0.2, 0.25) is 0 Å². The van der Waals surface area contributed by atoms with Crippen molar-refractivity contribution in [3.8, 4) is 0 Å². The van der Waals surface area contributed by atoms with E-state index in [2.05, 4.69) is 55.3 Å².